The molecule has 1 heterocycles. The zero-order chi connectivity index (χ0) is 12.5. The van der Waals surface area contributed by atoms with Gasteiger partial charge in [-0.3, -0.25) is 0 Å². The van der Waals surface area contributed by atoms with Gasteiger partial charge in [-0.05, 0) is 18.2 Å². The molecule has 1 fully saturated rings. The Morgan fingerprint density at radius 1 is 1.00 bits per heavy atom. The predicted octanol–water partition coefficient (Wildman–Crippen LogP) is 3.10. The number of anilines is 1. The van der Waals surface area contributed by atoms with E-state index in [0.29, 0.717) is 37.9 Å². The maximum atomic E-state index is 13.2. The minimum Gasteiger partial charge on any atom is -0.369 e. The van der Waals surface area contributed by atoms with Crippen molar-refractivity contribution in [1.29, 1.82) is 0 Å². The van der Waals surface area contributed by atoms with Gasteiger partial charge in [0.15, 0.2) is 0 Å². The van der Waals surface area contributed by atoms with Crippen LogP contribution in [0.4, 0.5) is 23.2 Å². The Hall–Kier alpha value is -0.720. The van der Waals surface area contributed by atoms with Crippen molar-refractivity contribution in [2.75, 3.05) is 31.1 Å². The van der Waals surface area contributed by atoms with Crippen molar-refractivity contribution in [3.63, 3.8) is 0 Å². The zero-order valence-corrected chi connectivity index (χ0v) is 11.5. The summed E-state index contributed by atoms with van der Waals surface area (Å²) in [7, 11) is 0. The van der Waals surface area contributed by atoms with Gasteiger partial charge in [-0.25, -0.2) is 4.39 Å². The molecule has 0 bridgehead atoms. The second kappa shape index (κ2) is 7.17. The first-order valence-electron chi connectivity index (χ1n) is 5.30. The Kier molecular flexibility index (Phi) is 6.89. The van der Waals surface area contributed by atoms with Crippen molar-refractivity contribution in [3.05, 3.63) is 29.6 Å². The molecular formula is C11H14Cl2F4N2. The molecule has 0 unspecified atom stereocenters. The van der Waals surface area contributed by atoms with Crippen molar-refractivity contribution in [2.45, 2.75) is 6.18 Å². The number of alkyl halides is 3. The van der Waals surface area contributed by atoms with Gasteiger partial charge in [0, 0.05) is 31.9 Å². The van der Waals surface area contributed by atoms with Crippen LogP contribution in [0.25, 0.3) is 0 Å². The van der Waals surface area contributed by atoms with Crippen LogP contribution in [-0.4, -0.2) is 26.2 Å². The molecule has 19 heavy (non-hydrogen) atoms. The Morgan fingerprint density at radius 2 is 1.58 bits per heavy atom. The highest BCUT2D eigenvalue weighted by molar-refractivity contribution is 5.85. The fourth-order valence-electron chi connectivity index (χ4n) is 1.84. The standard InChI is InChI=1S/C11H12F4N2.2ClH/c12-9-5-8(11(13,14)15)6-10(7-9)17-3-1-16-2-4-17;;/h5-7,16H,1-4H2;2*1H. The van der Waals surface area contributed by atoms with Crippen LogP contribution in [0.2, 0.25) is 0 Å². The average Bonchev–Trinajstić information content (AvgIpc) is 2.28. The molecule has 0 saturated carbocycles. The van der Waals surface area contributed by atoms with E-state index in [0.717, 1.165) is 12.1 Å². The second-order valence-corrected chi connectivity index (χ2v) is 3.93. The average molecular weight is 321 g/mol. The lowest BCUT2D eigenvalue weighted by molar-refractivity contribution is -0.137. The van der Waals surface area contributed by atoms with E-state index in [4.69, 9.17) is 0 Å². The van der Waals surface area contributed by atoms with Crippen LogP contribution >= 0.6 is 24.8 Å². The third kappa shape index (κ3) is 4.71. The first kappa shape index (κ1) is 18.3. The van der Waals surface area contributed by atoms with Gasteiger partial charge in [0.2, 0.25) is 0 Å². The second-order valence-electron chi connectivity index (χ2n) is 3.93. The molecule has 0 aromatic heterocycles. The Balaban J connectivity index is 0.00000162. The number of benzene rings is 1. The monoisotopic (exact) mass is 320 g/mol. The van der Waals surface area contributed by atoms with Crippen LogP contribution < -0.4 is 10.2 Å². The van der Waals surface area contributed by atoms with E-state index in [-0.39, 0.29) is 24.8 Å². The van der Waals surface area contributed by atoms with Crippen molar-refractivity contribution < 1.29 is 17.6 Å². The van der Waals surface area contributed by atoms with Crippen molar-refractivity contribution in [2.24, 2.45) is 0 Å². The van der Waals surface area contributed by atoms with Gasteiger partial charge in [-0.2, -0.15) is 13.2 Å². The fourth-order valence-corrected chi connectivity index (χ4v) is 1.84. The van der Waals surface area contributed by atoms with Gasteiger partial charge in [-0.15, -0.1) is 24.8 Å². The molecule has 0 spiro atoms. The zero-order valence-electron chi connectivity index (χ0n) is 9.84. The summed E-state index contributed by atoms with van der Waals surface area (Å²) in [4.78, 5) is 1.74. The lowest BCUT2D eigenvalue weighted by atomic mass is 10.1. The van der Waals surface area contributed by atoms with Gasteiger partial charge in [0.25, 0.3) is 0 Å². The van der Waals surface area contributed by atoms with Gasteiger partial charge >= 0.3 is 6.18 Å². The lowest BCUT2D eigenvalue weighted by Crippen LogP contribution is -2.43. The molecule has 1 aromatic carbocycles. The van der Waals surface area contributed by atoms with Crippen LogP contribution in [0.1, 0.15) is 5.56 Å². The summed E-state index contributed by atoms with van der Waals surface area (Å²) in [6.07, 6.45) is -4.51. The third-order valence-corrected chi connectivity index (χ3v) is 2.69. The minimum atomic E-state index is -4.51. The summed E-state index contributed by atoms with van der Waals surface area (Å²) in [6.45, 7) is 2.55. The normalized spacial score (nSPS) is 15.5. The molecule has 1 saturated heterocycles. The number of rotatable bonds is 1. The summed E-state index contributed by atoms with van der Waals surface area (Å²) < 4.78 is 50.7. The largest absolute Gasteiger partial charge is 0.416 e. The molecule has 2 nitrogen and oxygen atoms in total. The van der Waals surface area contributed by atoms with E-state index in [1.54, 1.807) is 4.90 Å². The number of nitrogens with one attached hydrogen (secondary N) is 1. The van der Waals surface area contributed by atoms with Gasteiger partial charge in [0.05, 0.1) is 5.56 Å². The number of halogens is 6. The van der Waals surface area contributed by atoms with Crippen LogP contribution in [0, 0.1) is 5.82 Å². The van der Waals surface area contributed by atoms with Crippen LogP contribution in [0.15, 0.2) is 18.2 Å². The van der Waals surface area contributed by atoms with E-state index >= 15 is 0 Å². The highest BCUT2D eigenvalue weighted by atomic mass is 35.5. The quantitative estimate of drug-likeness (QED) is 0.800. The number of hydrogen-bond acceptors (Lipinski definition) is 2. The number of hydrogen-bond donors (Lipinski definition) is 1. The Labute approximate surface area is 121 Å². The number of piperazine rings is 1. The molecule has 0 aliphatic carbocycles. The molecule has 0 atom stereocenters. The predicted molar refractivity (Wildman–Crippen MR) is 71.0 cm³/mol. The molecule has 2 rings (SSSR count). The third-order valence-electron chi connectivity index (χ3n) is 2.69. The molecule has 1 aromatic rings. The number of nitrogens with zero attached hydrogens (tertiary/aromatic N) is 1. The Morgan fingerprint density at radius 3 is 2.11 bits per heavy atom. The molecule has 8 heteroatoms. The topological polar surface area (TPSA) is 15.3 Å². The molecule has 1 N–H and O–H groups in total. The van der Waals surface area contributed by atoms with Gasteiger partial charge < -0.3 is 10.2 Å². The maximum Gasteiger partial charge on any atom is 0.416 e. The van der Waals surface area contributed by atoms with E-state index in [2.05, 4.69) is 5.32 Å². The van der Waals surface area contributed by atoms with Crippen molar-refractivity contribution in [1.82, 2.24) is 5.32 Å². The van der Waals surface area contributed by atoms with E-state index < -0.39 is 17.6 Å². The molecular weight excluding hydrogens is 307 g/mol. The fraction of sp³-hybridized carbons (Fsp3) is 0.455. The Bertz CT molecular complexity index is 406. The smallest absolute Gasteiger partial charge is 0.369 e. The molecule has 110 valence electrons. The van der Waals surface area contributed by atoms with Gasteiger partial charge in [0.1, 0.15) is 5.82 Å². The van der Waals surface area contributed by atoms with Crippen molar-refractivity contribution in [3.8, 4) is 0 Å². The first-order chi connectivity index (χ1) is 7.97. The van der Waals surface area contributed by atoms with E-state index in [1.165, 1.54) is 0 Å². The highest BCUT2D eigenvalue weighted by Gasteiger charge is 2.31. The molecule has 0 radical (unpaired) electrons. The molecule has 1 aliphatic heterocycles. The van der Waals surface area contributed by atoms with Crippen LogP contribution in [0.5, 0.6) is 0 Å². The highest BCUT2D eigenvalue weighted by Crippen LogP contribution is 2.32. The van der Waals surface area contributed by atoms with Crippen molar-refractivity contribution >= 4 is 30.5 Å². The summed E-state index contributed by atoms with van der Waals surface area (Å²) >= 11 is 0. The summed E-state index contributed by atoms with van der Waals surface area (Å²) in [5.74, 6) is -0.853. The molecule has 1 aliphatic rings. The summed E-state index contributed by atoms with van der Waals surface area (Å²) in [5.41, 5.74) is -0.648. The minimum absolute atomic E-state index is 0. The van der Waals surface area contributed by atoms with Crippen LogP contribution in [0.3, 0.4) is 0 Å². The van der Waals surface area contributed by atoms with Gasteiger partial charge in [-0.1, -0.05) is 0 Å². The summed E-state index contributed by atoms with van der Waals surface area (Å²) in [6, 6.07) is 2.65. The van der Waals surface area contributed by atoms with E-state index in [9.17, 15) is 17.6 Å². The lowest BCUT2D eigenvalue weighted by Gasteiger charge is -2.29. The van der Waals surface area contributed by atoms with Crippen LogP contribution in [-0.2, 0) is 6.18 Å². The maximum absolute atomic E-state index is 13.2. The molecule has 0 amide bonds. The summed E-state index contributed by atoms with van der Waals surface area (Å²) in [5, 5.41) is 3.09. The van der Waals surface area contributed by atoms with E-state index in [1.807, 2.05) is 0 Å². The SMILES string of the molecule is Cl.Cl.Fc1cc(N2CCNCC2)cc(C(F)(F)F)c1. The first-order valence-corrected chi connectivity index (χ1v) is 5.30.